The summed E-state index contributed by atoms with van der Waals surface area (Å²) < 4.78 is 0. The Morgan fingerprint density at radius 2 is 2.00 bits per heavy atom. The highest BCUT2D eigenvalue weighted by Crippen LogP contribution is 2.31. The Balaban J connectivity index is 2.83. The fraction of sp³-hybridized carbons (Fsp3) is 0.333. The van der Waals surface area contributed by atoms with Gasteiger partial charge < -0.3 is 0 Å². The second kappa shape index (κ2) is 4.10. The molecule has 1 aliphatic rings. The van der Waals surface area contributed by atoms with Crippen LogP contribution in [-0.4, -0.2) is 0 Å². The van der Waals surface area contributed by atoms with Gasteiger partial charge in [-0.3, -0.25) is 0 Å². The van der Waals surface area contributed by atoms with Crippen molar-refractivity contribution in [3.8, 4) is 0 Å². The Kier molecular flexibility index (Phi) is 3.09. The highest BCUT2D eigenvalue weighted by atomic mass is 14.2. The maximum absolute atomic E-state index is 4.01. The van der Waals surface area contributed by atoms with Crippen LogP contribution in [0.4, 0.5) is 0 Å². The van der Waals surface area contributed by atoms with Crippen LogP contribution in [0.3, 0.4) is 0 Å². The molecule has 1 saturated carbocycles. The van der Waals surface area contributed by atoms with Crippen molar-refractivity contribution < 1.29 is 0 Å². The van der Waals surface area contributed by atoms with Crippen molar-refractivity contribution in [1.82, 2.24) is 0 Å². The van der Waals surface area contributed by atoms with Gasteiger partial charge in [0, 0.05) is 0 Å². The lowest BCUT2D eigenvalue weighted by molar-refractivity contribution is 0.830. The minimum Gasteiger partial charge on any atom is -0.0995 e. The molecule has 1 aliphatic carbocycles. The summed E-state index contributed by atoms with van der Waals surface area (Å²) in [5.74, 6) is 0. The largest absolute Gasteiger partial charge is 0.0995 e. The number of hydrogen-bond donors (Lipinski definition) is 0. The van der Waals surface area contributed by atoms with Crippen LogP contribution in [-0.2, 0) is 0 Å². The maximum Gasteiger partial charge on any atom is -0.00702 e. The van der Waals surface area contributed by atoms with E-state index in [0.717, 1.165) is 19.3 Å². The smallest absolute Gasteiger partial charge is 0.00702 e. The highest BCUT2D eigenvalue weighted by molar-refractivity contribution is 5.39. The molecule has 0 atom stereocenters. The molecule has 1 rings (SSSR count). The number of hydrogen-bond acceptors (Lipinski definition) is 0. The SMILES string of the molecule is C=C/C=C1/CCC(=C)C/C1=C/C. The first-order valence-corrected chi connectivity index (χ1v) is 4.41. The van der Waals surface area contributed by atoms with Crippen molar-refractivity contribution in [1.29, 1.82) is 0 Å². The molecule has 12 heavy (non-hydrogen) atoms. The van der Waals surface area contributed by atoms with Crippen molar-refractivity contribution in [2.24, 2.45) is 0 Å². The van der Waals surface area contributed by atoms with E-state index >= 15 is 0 Å². The van der Waals surface area contributed by atoms with Crippen LogP contribution in [0, 0.1) is 0 Å². The summed E-state index contributed by atoms with van der Waals surface area (Å²) in [7, 11) is 0. The van der Waals surface area contributed by atoms with Gasteiger partial charge in [-0.05, 0) is 37.3 Å². The first-order valence-electron chi connectivity index (χ1n) is 4.41. The van der Waals surface area contributed by atoms with Crippen molar-refractivity contribution >= 4 is 0 Å². The summed E-state index contributed by atoms with van der Waals surface area (Å²) in [6.07, 6.45) is 9.48. The van der Waals surface area contributed by atoms with Gasteiger partial charge in [0.15, 0.2) is 0 Å². The third-order valence-corrected chi connectivity index (χ3v) is 2.27. The topological polar surface area (TPSA) is 0 Å². The molecule has 0 radical (unpaired) electrons. The predicted octanol–water partition coefficient (Wildman–Crippen LogP) is 3.79. The van der Waals surface area contributed by atoms with E-state index < -0.39 is 0 Å². The maximum atomic E-state index is 4.01. The molecule has 0 aromatic carbocycles. The zero-order valence-electron chi connectivity index (χ0n) is 7.77. The van der Waals surface area contributed by atoms with Gasteiger partial charge in [0.05, 0.1) is 0 Å². The quantitative estimate of drug-likeness (QED) is 0.512. The van der Waals surface area contributed by atoms with Crippen LogP contribution in [0.1, 0.15) is 26.2 Å². The summed E-state index contributed by atoms with van der Waals surface area (Å²) in [5.41, 5.74) is 4.20. The fourth-order valence-electron chi connectivity index (χ4n) is 1.56. The van der Waals surface area contributed by atoms with Crippen molar-refractivity contribution in [3.63, 3.8) is 0 Å². The van der Waals surface area contributed by atoms with Gasteiger partial charge in [-0.25, -0.2) is 0 Å². The number of rotatable bonds is 1. The van der Waals surface area contributed by atoms with Crippen molar-refractivity contribution in [2.45, 2.75) is 26.2 Å². The standard InChI is InChI=1S/C12H16/c1-4-6-12-8-7-10(3)9-11(12)5-2/h4-6H,1,3,7-9H2,2H3/b11-5-,12-6-. The molecular weight excluding hydrogens is 144 g/mol. The number of allylic oxidation sites excluding steroid dienone is 6. The molecule has 0 bridgehead atoms. The molecule has 1 fully saturated rings. The van der Waals surface area contributed by atoms with Gasteiger partial charge in [-0.1, -0.05) is 37.0 Å². The van der Waals surface area contributed by atoms with Crippen LogP contribution in [0.2, 0.25) is 0 Å². The second-order valence-corrected chi connectivity index (χ2v) is 3.17. The van der Waals surface area contributed by atoms with Gasteiger partial charge >= 0.3 is 0 Å². The Bertz CT molecular complexity index is 251. The molecule has 0 amide bonds. The van der Waals surface area contributed by atoms with E-state index in [-0.39, 0.29) is 0 Å². The molecule has 0 N–H and O–H groups in total. The molecule has 0 aromatic rings. The Morgan fingerprint density at radius 1 is 1.25 bits per heavy atom. The van der Waals surface area contributed by atoms with Crippen molar-refractivity contribution in [2.75, 3.05) is 0 Å². The molecular formula is C12H16. The highest BCUT2D eigenvalue weighted by Gasteiger charge is 2.11. The lowest BCUT2D eigenvalue weighted by Crippen LogP contribution is -2.00. The summed E-state index contributed by atoms with van der Waals surface area (Å²) >= 11 is 0. The Hall–Kier alpha value is -1.04. The lowest BCUT2D eigenvalue weighted by Gasteiger charge is -2.19. The van der Waals surface area contributed by atoms with Crippen LogP contribution < -0.4 is 0 Å². The minimum absolute atomic E-state index is 1.05. The average molecular weight is 160 g/mol. The van der Waals surface area contributed by atoms with E-state index in [9.17, 15) is 0 Å². The second-order valence-electron chi connectivity index (χ2n) is 3.17. The molecule has 0 unspecified atom stereocenters. The van der Waals surface area contributed by atoms with Crippen LogP contribution in [0.5, 0.6) is 0 Å². The van der Waals surface area contributed by atoms with E-state index in [2.05, 4.69) is 32.2 Å². The first kappa shape index (κ1) is 9.05. The molecule has 0 saturated heterocycles. The fourth-order valence-corrected chi connectivity index (χ4v) is 1.56. The third-order valence-electron chi connectivity index (χ3n) is 2.27. The Morgan fingerprint density at radius 3 is 2.58 bits per heavy atom. The van der Waals surface area contributed by atoms with Crippen LogP contribution in [0.25, 0.3) is 0 Å². The predicted molar refractivity (Wildman–Crippen MR) is 55.0 cm³/mol. The summed E-state index contributed by atoms with van der Waals surface area (Å²) in [6, 6.07) is 0. The van der Waals surface area contributed by atoms with E-state index in [4.69, 9.17) is 0 Å². The summed E-state index contributed by atoms with van der Waals surface area (Å²) in [4.78, 5) is 0. The van der Waals surface area contributed by atoms with Crippen LogP contribution >= 0.6 is 0 Å². The zero-order chi connectivity index (χ0) is 8.97. The normalized spacial score (nSPS) is 24.9. The van der Waals surface area contributed by atoms with Gasteiger partial charge in [-0.15, -0.1) is 0 Å². The summed E-state index contributed by atoms with van der Waals surface area (Å²) in [6.45, 7) is 9.82. The van der Waals surface area contributed by atoms with Gasteiger partial charge in [-0.2, -0.15) is 0 Å². The molecule has 64 valence electrons. The zero-order valence-corrected chi connectivity index (χ0v) is 7.77. The molecule has 0 spiro atoms. The molecule has 0 nitrogen and oxygen atoms in total. The third kappa shape index (κ3) is 1.97. The lowest BCUT2D eigenvalue weighted by atomic mass is 9.86. The monoisotopic (exact) mass is 160 g/mol. The summed E-state index contributed by atoms with van der Waals surface area (Å²) in [5, 5.41) is 0. The molecule has 0 aromatic heterocycles. The van der Waals surface area contributed by atoms with E-state index in [1.807, 2.05) is 6.08 Å². The molecule has 0 heterocycles. The van der Waals surface area contributed by atoms with Gasteiger partial charge in [0.25, 0.3) is 0 Å². The first-order chi connectivity index (χ1) is 5.77. The van der Waals surface area contributed by atoms with Crippen LogP contribution in [0.15, 0.2) is 48.1 Å². The molecule has 0 heteroatoms. The van der Waals surface area contributed by atoms with Crippen molar-refractivity contribution in [3.05, 3.63) is 48.1 Å². The Labute approximate surface area is 75.0 Å². The minimum atomic E-state index is 1.05. The van der Waals surface area contributed by atoms with Gasteiger partial charge in [0.2, 0.25) is 0 Å². The molecule has 0 aliphatic heterocycles. The van der Waals surface area contributed by atoms with E-state index in [0.29, 0.717) is 0 Å². The van der Waals surface area contributed by atoms with E-state index in [1.54, 1.807) is 0 Å². The van der Waals surface area contributed by atoms with Gasteiger partial charge in [0.1, 0.15) is 0 Å². The average Bonchev–Trinajstić information content (AvgIpc) is 2.08. The van der Waals surface area contributed by atoms with E-state index in [1.165, 1.54) is 16.7 Å².